The summed E-state index contributed by atoms with van der Waals surface area (Å²) in [5, 5.41) is 0. The third kappa shape index (κ3) is 4.24. The molecule has 1 rings (SSSR count). The first-order valence-electron chi connectivity index (χ1n) is 5.25. The predicted molar refractivity (Wildman–Crippen MR) is 64.5 cm³/mol. The Bertz CT molecular complexity index is 419. The van der Waals surface area contributed by atoms with E-state index in [1.165, 1.54) is 12.1 Å². The van der Waals surface area contributed by atoms with Gasteiger partial charge in [0.2, 0.25) is 0 Å². The number of hydrogen-bond donors (Lipinski definition) is 2. The van der Waals surface area contributed by atoms with Gasteiger partial charge >= 0.3 is 5.97 Å². The predicted octanol–water partition coefficient (Wildman–Crippen LogP) is 2.08. The number of nitrogens with two attached hydrogens (primary N) is 1. The van der Waals surface area contributed by atoms with Gasteiger partial charge in [-0.1, -0.05) is 18.2 Å². The Hall–Kier alpha value is -1.88. The Morgan fingerprint density at radius 2 is 2.35 bits per heavy atom. The first kappa shape index (κ1) is 13.2. The van der Waals surface area contributed by atoms with Crippen LogP contribution in [0.1, 0.15) is 18.9 Å². The van der Waals surface area contributed by atoms with Crippen LogP contribution in [-0.2, 0) is 9.53 Å². The van der Waals surface area contributed by atoms with E-state index in [1.807, 2.05) is 0 Å². The van der Waals surface area contributed by atoms with Crippen LogP contribution in [0, 0.1) is 5.82 Å². The molecule has 92 valence electrons. The van der Waals surface area contributed by atoms with E-state index in [-0.39, 0.29) is 18.1 Å². The first-order valence-corrected chi connectivity index (χ1v) is 5.25. The molecule has 0 saturated heterocycles. The number of hydrogen-bond acceptors (Lipinski definition) is 4. The fourth-order valence-corrected chi connectivity index (χ4v) is 1.26. The second kappa shape index (κ2) is 6.65. The van der Waals surface area contributed by atoms with Crippen molar-refractivity contribution >= 4 is 17.7 Å². The molecule has 0 amide bonds. The van der Waals surface area contributed by atoms with Gasteiger partial charge in [-0.25, -0.2) is 4.39 Å². The highest BCUT2D eigenvalue weighted by Crippen LogP contribution is 2.15. The molecule has 0 aliphatic carbocycles. The molecule has 1 aromatic carbocycles. The molecule has 0 bridgehead atoms. The minimum absolute atomic E-state index is 0.173. The van der Waals surface area contributed by atoms with Crippen LogP contribution in [0.15, 0.2) is 24.3 Å². The molecular weight excluding hydrogens is 223 g/mol. The summed E-state index contributed by atoms with van der Waals surface area (Å²) in [6.07, 6.45) is 3.45. The van der Waals surface area contributed by atoms with E-state index in [2.05, 4.69) is 5.43 Å². The summed E-state index contributed by atoms with van der Waals surface area (Å²) in [4.78, 5) is 11.0. The number of rotatable bonds is 5. The average molecular weight is 238 g/mol. The van der Waals surface area contributed by atoms with Gasteiger partial charge in [0.05, 0.1) is 18.7 Å². The lowest BCUT2D eigenvalue weighted by atomic mass is 10.2. The van der Waals surface area contributed by atoms with Gasteiger partial charge < -0.3 is 10.2 Å². The number of nitrogen functional groups attached to an aromatic ring is 1. The SMILES string of the molecule is CCOC(=O)CC=Cc1ccc(NN)c(F)c1. The number of esters is 1. The zero-order valence-electron chi connectivity index (χ0n) is 9.57. The average Bonchev–Trinajstić information content (AvgIpc) is 2.29. The molecular formula is C12H15FN2O2. The van der Waals surface area contributed by atoms with Crippen molar-refractivity contribution in [3.63, 3.8) is 0 Å². The molecule has 5 heteroatoms. The van der Waals surface area contributed by atoms with Crippen LogP contribution in [-0.4, -0.2) is 12.6 Å². The van der Waals surface area contributed by atoms with Crippen molar-refractivity contribution < 1.29 is 13.9 Å². The molecule has 0 atom stereocenters. The highest BCUT2D eigenvalue weighted by Gasteiger charge is 2.00. The van der Waals surface area contributed by atoms with Crippen LogP contribution in [0.25, 0.3) is 6.08 Å². The third-order valence-electron chi connectivity index (χ3n) is 2.05. The molecule has 0 spiro atoms. The van der Waals surface area contributed by atoms with Gasteiger partial charge in [-0.3, -0.25) is 10.6 Å². The zero-order chi connectivity index (χ0) is 12.7. The van der Waals surface area contributed by atoms with Crippen LogP contribution in [0.2, 0.25) is 0 Å². The topological polar surface area (TPSA) is 64.3 Å². The number of ether oxygens (including phenoxy) is 1. The van der Waals surface area contributed by atoms with Crippen molar-refractivity contribution in [1.82, 2.24) is 0 Å². The summed E-state index contributed by atoms with van der Waals surface area (Å²) in [6.45, 7) is 2.10. The molecule has 3 N–H and O–H groups in total. The molecule has 0 heterocycles. The van der Waals surface area contributed by atoms with E-state index in [0.717, 1.165) is 0 Å². The van der Waals surface area contributed by atoms with Crippen molar-refractivity contribution in [3.8, 4) is 0 Å². The molecule has 1 aromatic rings. The summed E-state index contributed by atoms with van der Waals surface area (Å²) < 4.78 is 18.0. The number of carbonyl (C=O) groups is 1. The van der Waals surface area contributed by atoms with Crippen molar-refractivity contribution in [2.45, 2.75) is 13.3 Å². The van der Waals surface area contributed by atoms with Gasteiger partial charge in [-0.15, -0.1) is 0 Å². The Labute approximate surface area is 99.2 Å². The normalized spacial score (nSPS) is 10.5. The van der Waals surface area contributed by atoms with Gasteiger partial charge in [0.15, 0.2) is 0 Å². The molecule has 0 aliphatic heterocycles. The maximum Gasteiger partial charge on any atom is 0.309 e. The van der Waals surface area contributed by atoms with E-state index < -0.39 is 5.82 Å². The largest absolute Gasteiger partial charge is 0.466 e. The number of anilines is 1. The van der Waals surface area contributed by atoms with Crippen LogP contribution >= 0.6 is 0 Å². The number of carbonyl (C=O) groups excluding carboxylic acids is 1. The highest BCUT2D eigenvalue weighted by molar-refractivity contribution is 5.72. The fourth-order valence-electron chi connectivity index (χ4n) is 1.26. The molecule has 0 aliphatic rings. The van der Waals surface area contributed by atoms with Crippen LogP contribution in [0.3, 0.4) is 0 Å². The van der Waals surface area contributed by atoms with Gasteiger partial charge in [0, 0.05) is 0 Å². The monoisotopic (exact) mass is 238 g/mol. The number of halogens is 1. The summed E-state index contributed by atoms with van der Waals surface area (Å²) in [7, 11) is 0. The van der Waals surface area contributed by atoms with Gasteiger partial charge in [-0.2, -0.15) is 0 Å². The minimum atomic E-state index is -0.439. The van der Waals surface area contributed by atoms with Crippen LogP contribution in [0.5, 0.6) is 0 Å². The van der Waals surface area contributed by atoms with E-state index in [9.17, 15) is 9.18 Å². The number of nitrogens with one attached hydrogen (secondary N) is 1. The van der Waals surface area contributed by atoms with Gasteiger partial charge in [0.1, 0.15) is 5.82 Å². The lowest BCUT2D eigenvalue weighted by molar-refractivity contribution is -0.142. The molecule has 0 radical (unpaired) electrons. The van der Waals surface area contributed by atoms with Gasteiger partial charge in [-0.05, 0) is 24.6 Å². The van der Waals surface area contributed by atoms with Crippen molar-refractivity contribution in [1.29, 1.82) is 0 Å². The Morgan fingerprint density at radius 1 is 1.59 bits per heavy atom. The summed E-state index contributed by atoms with van der Waals surface area (Å²) >= 11 is 0. The Kier molecular flexibility index (Phi) is 5.16. The molecule has 4 nitrogen and oxygen atoms in total. The van der Waals surface area contributed by atoms with Crippen molar-refractivity contribution in [2.24, 2.45) is 5.84 Å². The quantitative estimate of drug-likeness (QED) is 0.468. The minimum Gasteiger partial charge on any atom is -0.466 e. The van der Waals surface area contributed by atoms with E-state index in [1.54, 1.807) is 25.1 Å². The highest BCUT2D eigenvalue weighted by atomic mass is 19.1. The van der Waals surface area contributed by atoms with Crippen molar-refractivity contribution in [2.75, 3.05) is 12.0 Å². The van der Waals surface area contributed by atoms with E-state index in [0.29, 0.717) is 12.2 Å². The second-order valence-corrected chi connectivity index (χ2v) is 3.30. The lowest BCUT2D eigenvalue weighted by Crippen LogP contribution is -2.08. The third-order valence-corrected chi connectivity index (χ3v) is 2.05. The second-order valence-electron chi connectivity index (χ2n) is 3.30. The molecule has 17 heavy (non-hydrogen) atoms. The van der Waals surface area contributed by atoms with Gasteiger partial charge in [0.25, 0.3) is 0 Å². The smallest absolute Gasteiger partial charge is 0.309 e. The fraction of sp³-hybridized carbons (Fsp3) is 0.250. The summed E-state index contributed by atoms with van der Waals surface area (Å²) in [5.74, 6) is 4.36. The summed E-state index contributed by atoms with van der Waals surface area (Å²) in [5.41, 5.74) is 3.13. The maximum atomic E-state index is 13.3. The van der Waals surface area contributed by atoms with Crippen molar-refractivity contribution in [3.05, 3.63) is 35.7 Å². The standard InChI is InChI=1S/C12H15FN2O2/c1-2-17-12(16)5-3-4-9-6-7-11(15-14)10(13)8-9/h3-4,6-8,15H,2,5,14H2,1H3. The zero-order valence-corrected chi connectivity index (χ0v) is 9.57. The van der Waals surface area contributed by atoms with E-state index in [4.69, 9.17) is 10.6 Å². The first-order chi connectivity index (χ1) is 8.17. The Morgan fingerprint density at radius 3 is 2.94 bits per heavy atom. The van der Waals surface area contributed by atoms with Crippen LogP contribution < -0.4 is 11.3 Å². The summed E-state index contributed by atoms with van der Waals surface area (Å²) in [6, 6.07) is 4.55. The lowest BCUT2D eigenvalue weighted by Gasteiger charge is -2.02. The molecule has 0 fully saturated rings. The molecule has 0 saturated carbocycles. The van der Waals surface area contributed by atoms with E-state index >= 15 is 0 Å². The maximum absolute atomic E-state index is 13.3. The Balaban J connectivity index is 2.60. The van der Waals surface area contributed by atoms with Crippen LogP contribution in [0.4, 0.5) is 10.1 Å². The molecule has 0 aromatic heterocycles. The number of hydrazine groups is 1. The molecule has 0 unspecified atom stereocenters. The number of benzene rings is 1.